The van der Waals surface area contributed by atoms with Gasteiger partial charge in [-0.1, -0.05) is 31.7 Å². The van der Waals surface area contributed by atoms with Crippen molar-refractivity contribution in [3.8, 4) is 0 Å². The van der Waals surface area contributed by atoms with E-state index in [4.69, 9.17) is 5.73 Å². The predicted molar refractivity (Wildman–Crippen MR) is 83.4 cm³/mol. The van der Waals surface area contributed by atoms with Crippen LogP contribution >= 0.6 is 0 Å². The van der Waals surface area contributed by atoms with E-state index in [-0.39, 0.29) is 17.1 Å². The maximum Gasteiger partial charge on any atom is 0.242 e. The Balaban J connectivity index is 2.10. The molecular formula is C15H24N2O3S. The molecule has 5 nitrogen and oxygen atoms in total. The normalized spacial score (nSPS) is 19.1. The van der Waals surface area contributed by atoms with Gasteiger partial charge in [-0.15, -0.1) is 0 Å². The van der Waals surface area contributed by atoms with E-state index < -0.39 is 15.6 Å². The minimum atomic E-state index is -3.69. The van der Waals surface area contributed by atoms with E-state index in [1.54, 1.807) is 12.1 Å². The fraction of sp³-hybridized carbons (Fsp3) is 0.600. The van der Waals surface area contributed by atoms with E-state index in [1.807, 2.05) is 6.92 Å². The number of aryl methyl sites for hydroxylation is 1. The zero-order valence-electron chi connectivity index (χ0n) is 12.4. The molecule has 118 valence electrons. The second-order valence-electron chi connectivity index (χ2n) is 6.00. The standard InChI is InChI=1S/C15H24N2O3S/c1-12-6-7-14(13(16)10-12)21(19,20)17-11-15(18)8-4-2-3-5-9-15/h6-7,10,17-18H,2-5,8-9,11,16H2,1H3. The van der Waals surface area contributed by atoms with Gasteiger partial charge in [0.2, 0.25) is 10.0 Å². The van der Waals surface area contributed by atoms with Gasteiger partial charge < -0.3 is 10.8 Å². The zero-order valence-corrected chi connectivity index (χ0v) is 13.2. The third-order valence-electron chi connectivity index (χ3n) is 4.08. The summed E-state index contributed by atoms with van der Waals surface area (Å²) in [5.41, 5.74) is 5.99. The highest BCUT2D eigenvalue weighted by molar-refractivity contribution is 7.89. The Bertz CT molecular complexity index is 591. The maximum atomic E-state index is 12.3. The van der Waals surface area contributed by atoms with Gasteiger partial charge >= 0.3 is 0 Å². The van der Waals surface area contributed by atoms with Gasteiger partial charge in [-0.25, -0.2) is 13.1 Å². The van der Waals surface area contributed by atoms with Crippen molar-refractivity contribution in [1.29, 1.82) is 0 Å². The van der Waals surface area contributed by atoms with Crippen LogP contribution in [0.25, 0.3) is 0 Å². The lowest BCUT2D eigenvalue weighted by Crippen LogP contribution is -2.42. The van der Waals surface area contributed by atoms with E-state index in [1.165, 1.54) is 6.07 Å². The van der Waals surface area contributed by atoms with Crippen molar-refractivity contribution < 1.29 is 13.5 Å². The molecule has 0 amide bonds. The largest absolute Gasteiger partial charge is 0.398 e. The summed E-state index contributed by atoms with van der Waals surface area (Å²) in [6.45, 7) is 1.90. The topological polar surface area (TPSA) is 92.4 Å². The summed E-state index contributed by atoms with van der Waals surface area (Å²) >= 11 is 0. The molecule has 0 bridgehead atoms. The molecule has 0 atom stereocenters. The fourth-order valence-electron chi connectivity index (χ4n) is 2.78. The van der Waals surface area contributed by atoms with E-state index >= 15 is 0 Å². The van der Waals surface area contributed by atoms with Crippen LogP contribution < -0.4 is 10.5 Å². The number of nitrogen functional groups attached to an aromatic ring is 1. The monoisotopic (exact) mass is 312 g/mol. The Morgan fingerprint density at radius 3 is 2.43 bits per heavy atom. The molecule has 1 aliphatic carbocycles. The van der Waals surface area contributed by atoms with Crippen molar-refractivity contribution >= 4 is 15.7 Å². The Labute approximate surface area is 126 Å². The van der Waals surface area contributed by atoms with E-state index in [9.17, 15) is 13.5 Å². The van der Waals surface area contributed by atoms with Crippen LogP contribution in [0.2, 0.25) is 0 Å². The first-order valence-electron chi connectivity index (χ1n) is 7.41. The molecule has 4 N–H and O–H groups in total. The molecule has 0 aliphatic heterocycles. The van der Waals surface area contributed by atoms with E-state index in [0.717, 1.165) is 31.2 Å². The van der Waals surface area contributed by atoms with Crippen LogP contribution in [-0.2, 0) is 10.0 Å². The molecule has 0 radical (unpaired) electrons. The van der Waals surface area contributed by atoms with Crippen LogP contribution in [0.5, 0.6) is 0 Å². The van der Waals surface area contributed by atoms with Crippen LogP contribution in [0.3, 0.4) is 0 Å². The second kappa shape index (κ2) is 6.34. The molecule has 0 saturated heterocycles. The summed E-state index contributed by atoms with van der Waals surface area (Å²) in [5, 5.41) is 10.5. The number of sulfonamides is 1. The van der Waals surface area contributed by atoms with Gasteiger partial charge in [0, 0.05) is 6.54 Å². The first kappa shape index (κ1) is 16.3. The molecule has 1 aliphatic rings. The first-order valence-corrected chi connectivity index (χ1v) is 8.89. The number of anilines is 1. The minimum absolute atomic E-state index is 0.0443. The highest BCUT2D eigenvalue weighted by Gasteiger charge is 2.30. The lowest BCUT2D eigenvalue weighted by Gasteiger charge is -2.26. The third kappa shape index (κ3) is 4.18. The SMILES string of the molecule is Cc1ccc(S(=O)(=O)NCC2(O)CCCCCC2)c(N)c1. The van der Waals surface area contributed by atoms with Crippen molar-refractivity contribution in [2.24, 2.45) is 0 Å². The number of aliphatic hydroxyl groups is 1. The van der Waals surface area contributed by atoms with Crippen molar-refractivity contribution in [2.75, 3.05) is 12.3 Å². The van der Waals surface area contributed by atoms with Crippen molar-refractivity contribution in [3.63, 3.8) is 0 Å². The smallest absolute Gasteiger partial charge is 0.242 e. The summed E-state index contributed by atoms with van der Waals surface area (Å²) in [5.74, 6) is 0. The van der Waals surface area contributed by atoms with Crippen LogP contribution in [0.1, 0.15) is 44.1 Å². The Kier molecular flexibility index (Phi) is 4.91. The van der Waals surface area contributed by atoms with Crippen molar-refractivity contribution in [3.05, 3.63) is 23.8 Å². The number of hydrogen-bond donors (Lipinski definition) is 3. The average molecular weight is 312 g/mol. The number of hydrogen-bond acceptors (Lipinski definition) is 4. The number of rotatable bonds is 4. The summed E-state index contributed by atoms with van der Waals surface area (Å²) in [7, 11) is -3.69. The fourth-order valence-corrected chi connectivity index (χ4v) is 4.01. The van der Waals surface area contributed by atoms with E-state index in [2.05, 4.69) is 4.72 Å². The van der Waals surface area contributed by atoms with Crippen LogP contribution in [0.15, 0.2) is 23.1 Å². The number of benzene rings is 1. The lowest BCUT2D eigenvalue weighted by atomic mass is 9.95. The zero-order chi connectivity index (χ0) is 15.5. The van der Waals surface area contributed by atoms with Gasteiger partial charge in [0.15, 0.2) is 0 Å². The molecule has 1 saturated carbocycles. The molecule has 0 spiro atoms. The molecule has 21 heavy (non-hydrogen) atoms. The van der Waals surface area contributed by atoms with Crippen LogP contribution in [0.4, 0.5) is 5.69 Å². The van der Waals surface area contributed by atoms with Gasteiger partial charge in [0.1, 0.15) is 4.90 Å². The first-order chi connectivity index (χ1) is 9.82. The highest BCUT2D eigenvalue weighted by Crippen LogP contribution is 2.27. The molecule has 0 unspecified atom stereocenters. The molecule has 1 aromatic carbocycles. The molecule has 1 aromatic rings. The van der Waals surface area contributed by atoms with Crippen molar-refractivity contribution in [2.45, 2.75) is 55.9 Å². The third-order valence-corrected chi connectivity index (χ3v) is 5.56. The molecule has 0 heterocycles. The average Bonchev–Trinajstić information content (AvgIpc) is 2.62. The molecule has 1 fully saturated rings. The summed E-state index contributed by atoms with van der Waals surface area (Å²) in [6.07, 6.45) is 5.34. The Morgan fingerprint density at radius 2 is 1.86 bits per heavy atom. The van der Waals surface area contributed by atoms with Crippen LogP contribution in [-0.4, -0.2) is 25.7 Å². The van der Waals surface area contributed by atoms with E-state index in [0.29, 0.717) is 12.8 Å². The van der Waals surface area contributed by atoms with Gasteiger partial charge in [-0.3, -0.25) is 0 Å². The Hall–Kier alpha value is -1.11. The molecule has 0 aromatic heterocycles. The number of nitrogens with one attached hydrogen (secondary N) is 1. The van der Waals surface area contributed by atoms with Gasteiger partial charge in [0.25, 0.3) is 0 Å². The lowest BCUT2D eigenvalue weighted by molar-refractivity contribution is 0.0303. The predicted octanol–water partition coefficient (Wildman–Crippen LogP) is 1.94. The van der Waals surface area contributed by atoms with Crippen molar-refractivity contribution in [1.82, 2.24) is 4.72 Å². The molecule has 6 heteroatoms. The van der Waals surface area contributed by atoms with Crippen LogP contribution in [0, 0.1) is 6.92 Å². The second-order valence-corrected chi connectivity index (χ2v) is 7.74. The highest BCUT2D eigenvalue weighted by atomic mass is 32.2. The quantitative estimate of drug-likeness (QED) is 0.585. The molecular weight excluding hydrogens is 288 g/mol. The number of nitrogens with two attached hydrogens (primary N) is 1. The van der Waals surface area contributed by atoms with Gasteiger partial charge in [-0.05, 0) is 37.5 Å². The van der Waals surface area contributed by atoms with Gasteiger partial charge in [0.05, 0.1) is 11.3 Å². The minimum Gasteiger partial charge on any atom is -0.398 e. The van der Waals surface area contributed by atoms with Gasteiger partial charge in [-0.2, -0.15) is 0 Å². The Morgan fingerprint density at radius 1 is 1.24 bits per heavy atom. The molecule has 2 rings (SSSR count). The summed E-state index contributed by atoms with van der Waals surface area (Å²) in [4.78, 5) is 0.0744. The maximum absolute atomic E-state index is 12.3. The summed E-state index contributed by atoms with van der Waals surface area (Å²) in [6, 6.07) is 4.85. The summed E-state index contributed by atoms with van der Waals surface area (Å²) < 4.78 is 27.2.